The lowest BCUT2D eigenvalue weighted by Crippen LogP contribution is -2.46. The van der Waals surface area contributed by atoms with Crippen molar-refractivity contribution in [3.05, 3.63) is 36.3 Å². The van der Waals surface area contributed by atoms with Gasteiger partial charge in [0.15, 0.2) is 0 Å². The van der Waals surface area contributed by atoms with Crippen molar-refractivity contribution in [2.24, 2.45) is 5.92 Å². The van der Waals surface area contributed by atoms with Gasteiger partial charge in [-0.1, -0.05) is 6.92 Å². The van der Waals surface area contributed by atoms with Gasteiger partial charge in [0, 0.05) is 31.6 Å². The molecule has 5 heterocycles. The van der Waals surface area contributed by atoms with E-state index in [2.05, 4.69) is 27.3 Å². The van der Waals surface area contributed by atoms with E-state index in [9.17, 15) is 9.59 Å². The van der Waals surface area contributed by atoms with Gasteiger partial charge in [-0.15, -0.1) is 0 Å². The highest BCUT2D eigenvalue weighted by atomic mass is 16.5. The van der Waals surface area contributed by atoms with Crippen molar-refractivity contribution >= 4 is 34.2 Å². The first-order valence-electron chi connectivity index (χ1n) is 12.9. The average molecular weight is 508 g/mol. The maximum atomic E-state index is 13.5. The largest absolute Gasteiger partial charge is 0.478 e. The third-order valence-electron chi connectivity index (χ3n) is 7.00. The van der Waals surface area contributed by atoms with E-state index in [-0.39, 0.29) is 18.2 Å². The van der Waals surface area contributed by atoms with Gasteiger partial charge in [-0.2, -0.15) is 5.10 Å². The van der Waals surface area contributed by atoms with Crippen molar-refractivity contribution < 1.29 is 19.1 Å². The molecule has 11 heteroatoms. The molecule has 2 fully saturated rings. The van der Waals surface area contributed by atoms with Crippen molar-refractivity contribution in [1.29, 1.82) is 0 Å². The summed E-state index contributed by atoms with van der Waals surface area (Å²) in [6.45, 7) is 5.62. The Labute approximate surface area is 215 Å². The number of carbonyl (C=O) groups excluding carboxylic acids is 2. The Bertz CT molecular complexity index is 1290. The molecule has 3 atom stereocenters. The molecule has 0 saturated carbocycles. The molecule has 0 spiro atoms. The number of amides is 2. The number of nitrogen functional groups attached to an aromatic ring is 1. The summed E-state index contributed by atoms with van der Waals surface area (Å²) in [6.07, 6.45) is 9.31. The lowest BCUT2D eigenvalue weighted by atomic mass is 9.90. The number of rotatable bonds is 5. The number of piperidine rings is 1. The zero-order valence-corrected chi connectivity index (χ0v) is 21.2. The number of nitrogens with one attached hydrogen (secondary N) is 1. The van der Waals surface area contributed by atoms with Crippen LogP contribution < -0.4 is 15.8 Å². The molecule has 2 saturated heterocycles. The summed E-state index contributed by atoms with van der Waals surface area (Å²) in [5, 5.41) is 7.98. The van der Waals surface area contributed by atoms with Gasteiger partial charge in [0.05, 0.1) is 29.9 Å². The highest BCUT2D eigenvalue weighted by molar-refractivity contribution is 6.40. The fourth-order valence-electron chi connectivity index (χ4n) is 5.10. The first-order valence-corrected chi connectivity index (χ1v) is 12.9. The summed E-state index contributed by atoms with van der Waals surface area (Å²) in [4.78, 5) is 36.8. The van der Waals surface area contributed by atoms with E-state index in [1.54, 1.807) is 22.0 Å². The van der Waals surface area contributed by atoms with E-state index in [1.165, 1.54) is 6.20 Å². The van der Waals surface area contributed by atoms with E-state index in [4.69, 9.17) is 15.2 Å². The molecule has 2 aliphatic heterocycles. The summed E-state index contributed by atoms with van der Waals surface area (Å²) >= 11 is 0. The SMILES string of the molecule is CCOc1cc(C2CCC(C)CN2C(=O)C(=O)Nc2cnc(N)c3cn(C4CCCCO4)nc23)ccn1. The first-order chi connectivity index (χ1) is 17.9. The number of pyridine rings is 2. The normalized spacial score (nSPS) is 22.1. The zero-order valence-electron chi connectivity index (χ0n) is 21.2. The van der Waals surface area contributed by atoms with E-state index < -0.39 is 11.8 Å². The molecule has 0 bridgehead atoms. The van der Waals surface area contributed by atoms with Gasteiger partial charge in [-0.25, -0.2) is 14.6 Å². The van der Waals surface area contributed by atoms with Crippen LogP contribution in [0.1, 0.15) is 63.8 Å². The molecule has 3 unspecified atom stereocenters. The molecule has 0 radical (unpaired) electrons. The van der Waals surface area contributed by atoms with E-state index in [1.807, 2.05) is 19.1 Å². The maximum Gasteiger partial charge on any atom is 0.314 e. The molecule has 3 aromatic rings. The standard InChI is InChI=1S/C26H33N7O4/c1-3-36-21-12-17(9-10-28-21)20-8-7-16(2)14-32(20)26(35)25(34)30-19-13-29-24(27)18-15-33(31-23(18)19)22-6-4-5-11-37-22/h9-10,12-13,15-16,20,22H,3-8,11,14H2,1-2H3,(H2,27,29)(H,30,34). The van der Waals surface area contributed by atoms with Gasteiger partial charge in [-0.3, -0.25) is 9.59 Å². The molecule has 11 nitrogen and oxygen atoms in total. The number of ether oxygens (including phenoxy) is 2. The zero-order chi connectivity index (χ0) is 25.9. The summed E-state index contributed by atoms with van der Waals surface area (Å²) < 4.78 is 13.1. The van der Waals surface area contributed by atoms with Crippen LogP contribution in [0.3, 0.4) is 0 Å². The molecule has 3 N–H and O–H groups in total. The molecule has 2 aliphatic rings. The van der Waals surface area contributed by atoms with E-state index >= 15 is 0 Å². The predicted molar refractivity (Wildman–Crippen MR) is 138 cm³/mol. The van der Waals surface area contributed by atoms with Crippen molar-refractivity contribution in [2.75, 3.05) is 30.8 Å². The van der Waals surface area contributed by atoms with Crippen LogP contribution >= 0.6 is 0 Å². The smallest absolute Gasteiger partial charge is 0.314 e. The van der Waals surface area contributed by atoms with Crippen LogP contribution in [0.5, 0.6) is 5.88 Å². The highest BCUT2D eigenvalue weighted by Crippen LogP contribution is 2.35. The van der Waals surface area contributed by atoms with Crippen LogP contribution in [0.4, 0.5) is 11.5 Å². The third-order valence-corrected chi connectivity index (χ3v) is 7.00. The quantitative estimate of drug-likeness (QED) is 0.501. The molecule has 0 aromatic carbocycles. The number of hydrogen-bond acceptors (Lipinski definition) is 8. The monoisotopic (exact) mass is 507 g/mol. The van der Waals surface area contributed by atoms with Crippen LogP contribution in [0.15, 0.2) is 30.7 Å². The Morgan fingerprint density at radius 3 is 2.89 bits per heavy atom. The van der Waals surface area contributed by atoms with Crippen LogP contribution in [0.2, 0.25) is 0 Å². The van der Waals surface area contributed by atoms with Crippen LogP contribution in [0, 0.1) is 5.92 Å². The molecule has 0 aliphatic carbocycles. The lowest BCUT2D eigenvalue weighted by molar-refractivity contribution is -0.146. The number of nitrogens with zero attached hydrogens (tertiary/aromatic N) is 5. The third kappa shape index (κ3) is 5.22. The van der Waals surface area contributed by atoms with Crippen molar-refractivity contribution in [1.82, 2.24) is 24.6 Å². The second-order valence-corrected chi connectivity index (χ2v) is 9.72. The van der Waals surface area contributed by atoms with Gasteiger partial charge in [0.1, 0.15) is 17.6 Å². The Balaban J connectivity index is 1.39. The van der Waals surface area contributed by atoms with Crippen LogP contribution in [0.25, 0.3) is 10.9 Å². The fraction of sp³-hybridized carbons (Fsp3) is 0.500. The predicted octanol–water partition coefficient (Wildman–Crippen LogP) is 3.44. The van der Waals surface area contributed by atoms with Crippen molar-refractivity contribution in [3.63, 3.8) is 0 Å². The number of anilines is 2. The molecule has 5 rings (SSSR count). The lowest BCUT2D eigenvalue weighted by Gasteiger charge is -2.38. The van der Waals surface area contributed by atoms with E-state index in [0.29, 0.717) is 48.0 Å². The molecular weight excluding hydrogens is 474 g/mol. The van der Waals surface area contributed by atoms with Gasteiger partial charge < -0.3 is 25.4 Å². The summed E-state index contributed by atoms with van der Waals surface area (Å²) in [5.74, 6) is -0.268. The Hall–Kier alpha value is -3.73. The van der Waals surface area contributed by atoms with Gasteiger partial charge in [0.25, 0.3) is 0 Å². The van der Waals surface area contributed by atoms with Crippen molar-refractivity contribution in [3.8, 4) is 5.88 Å². The van der Waals surface area contributed by atoms with Crippen molar-refractivity contribution in [2.45, 2.75) is 58.2 Å². The van der Waals surface area contributed by atoms with Gasteiger partial charge in [-0.05, 0) is 56.6 Å². The topological polar surface area (TPSA) is 137 Å². The van der Waals surface area contributed by atoms with Crippen LogP contribution in [-0.2, 0) is 14.3 Å². The minimum atomic E-state index is -0.741. The number of carbonyl (C=O) groups is 2. The molecule has 37 heavy (non-hydrogen) atoms. The Morgan fingerprint density at radius 1 is 1.24 bits per heavy atom. The number of hydrogen-bond donors (Lipinski definition) is 2. The second-order valence-electron chi connectivity index (χ2n) is 9.72. The average Bonchev–Trinajstić information content (AvgIpc) is 3.37. The van der Waals surface area contributed by atoms with Gasteiger partial charge >= 0.3 is 11.8 Å². The van der Waals surface area contributed by atoms with Crippen LogP contribution in [-0.4, -0.2) is 56.2 Å². The second kappa shape index (κ2) is 10.7. The molecule has 3 aromatic heterocycles. The fourth-order valence-corrected chi connectivity index (χ4v) is 5.10. The molecule has 196 valence electrons. The van der Waals surface area contributed by atoms with Gasteiger partial charge in [0.2, 0.25) is 5.88 Å². The summed E-state index contributed by atoms with van der Waals surface area (Å²) in [6, 6.07) is 3.47. The minimum Gasteiger partial charge on any atom is -0.478 e. The molecular formula is C26H33N7O4. The highest BCUT2D eigenvalue weighted by Gasteiger charge is 2.35. The summed E-state index contributed by atoms with van der Waals surface area (Å²) in [7, 11) is 0. The minimum absolute atomic E-state index is 0.191. The Morgan fingerprint density at radius 2 is 2.11 bits per heavy atom. The molecule has 2 amide bonds. The Kier molecular flexibility index (Phi) is 7.22. The number of nitrogens with two attached hydrogens (primary N) is 1. The number of fused-ring (bicyclic) bond motifs is 1. The number of likely N-dealkylation sites (tertiary alicyclic amines) is 1. The van der Waals surface area contributed by atoms with E-state index in [0.717, 1.165) is 37.7 Å². The summed E-state index contributed by atoms with van der Waals surface area (Å²) in [5.41, 5.74) is 7.80. The number of aromatic nitrogens is 4. The first kappa shape index (κ1) is 24.9. The maximum absolute atomic E-state index is 13.5.